The fraction of sp³-hybridized carbons (Fsp3) is 0.462. The first-order chi connectivity index (χ1) is 8.24. The van der Waals surface area contributed by atoms with Gasteiger partial charge in [0, 0.05) is 6.54 Å². The topological polar surface area (TPSA) is 50.4 Å². The van der Waals surface area contributed by atoms with Gasteiger partial charge in [0.15, 0.2) is 0 Å². The van der Waals surface area contributed by atoms with Gasteiger partial charge in [0.2, 0.25) is 5.91 Å². The Hall–Kier alpha value is -1.26. The Morgan fingerprint density at radius 1 is 1.33 bits per heavy atom. The van der Waals surface area contributed by atoms with Gasteiger partial charge in [-0.15, -0.1) is 12.4 Å². The van der Waals surface area contributed by atoms with Gasteiger partial charge in [0.25, 0.3) is 0 Å². The van der Waals surface area contributed by atoms with Crippen LogP contribution < -0.4 is 15.4 Å². The highest BCUT2D eigenvalue weighted by Crippen LogP contribution is 2.15. The summed E-state index contributed by atoms with van der Waals surface area (Å²) in [5.41, 5.74) is 1.13. The molecule has 4 nitrogen and oxygen atoms in total. The number of carbonyl (C=O) groups excluding carboxylic acids is 1. The Labute approximate surface area is 115 Å². The van der Waals surface area contributed by atoms with Crippen molar-refractivity contribution in [2.45, 2.75) is 13.3 Å². The zero-order chi connectivity index (χ0) is 12.5. The maximum Gasteiger partial charge on any atom is 0.233 e. The summed E-state index contributed by atoms with van der Waals surface area (Å²) in [6, 6.07) is 7.91. The van der Waals surface area contributed by atoms with Crippen LogP contribution in [-0.4, -0.2) is 32.7 Å². The molecular formula is C13H21ClN2O2. The van der Waals surface area contributed by atoms with Gasteiger partial charge < -0.3 is 15.4 Å². The van der Waals surface area contributed by atoms with Gasteiger partial charge >= 0.3 is 0 Å². The van der Waals surface area contributed by atoms with Crippen molar-refractivity contribution >= 4 is 18.3 Å². The highest BCUT2D eigenvalue weighted by Gasteiger charge is 1.99. The minimum absolute atomic E-state index is 0. The molecule has 0 heterocycles. The van der Waals surface area contributed by atoms with Crippen LogP contribution in [0.1, 0.15) is 12.0 Å². The van der Waals surface area contributed by atoms with Crippen molar-refractivity contribution in [1.82, 2.24) is 10.6 Å². The normalized spacial score (nSPS) is 9.44. The standard InChI is InChI=1S/C13H20N2O2.ClH/c1-11-6-3-4-7-12(11)17-9-5-8-15-13(16)10-14-2;/h3-4,6-7,14H,5,8-10H2,1-2H3,(H,15,16);1H. The van der Waals surface area contributed by atoms with Crippen LogP contribution in [-0.2, 0) is 4.79 Å². The summed E-state index contributed by atoms with van der Waals surface area (Å²) in [4.78, 5) is 11.1. The average Bonchev–Trinajstić information content (AvgIpc) is 2.31. The van der Waals surface area contributed by atoms with Crippen molar-refractivity contribution < 1.29 is 9.53 Å². The number of carbonyl (C=O) groups is 1. The van der Waals surface area contributed by atoms with Crippen molar-refractivity contribution in [3.63, 3.8) is 0 Å². The lowest BCUT2D eigenvalue weighted by molar-refractivity contribution is -0.120. The Balaban J connectivity index is 0.00000289. The van der Waals surface area contributed by atoms with E-state index in [0.29, 0.717) is 19.7 Å². The maximum absolute atomic E-state index is 11.1. The molecule has 0 aromatic heterocycles. The van der Waals surface area contributed by atoms with Crippen LogP contribution in [0.3, 0.4) is 0 Å². The number of rotatable bonds is 7. The van der Waals surface area contributed by atoms with Gasteiger partial charge in [-0.3, -0.25) is 4.79 Å². The molecule has 0 aliphatic heterocycles. The molecule has 0 saturated carbocycles. The van der Waals surface area contributed by atoms with E-state index in [1.165, 1.54) is 0 Å². The van der Waals surface area contributed by atoms with E-state index in [-0.39, 0.29) is 18.3 Å². The second kappa shape index (κ2) is 9.74. The lowest BCUT2D eigenvalue weighted by Gasteiger charge is -2.09. The van der Waals surface area contributed by atoms with Crippen LogP contribution in [0.4, 0.5) is 0 Å². The van der Waals surface area contributed by atoms with E-state index in [1.54, 1.807) is 7.05 Å². The number of nitrogens with one attached hydrogen (secondary N) is 2. The number of halogens is 1. The molecule has 1 aromatic rings. The molecular weight excluding hydrogens is 252 g/mol. The van der Waals surface area contributed by atoms with Gasteiger partial charge in [-0.2, -0.15) is 0 Å². The number of para-hydroxylation sites is 1. The first-order valence-electron chi connectivity index (χ1n) is 5.83. The Kier molecular flexibility index (Phi) is 9.06. The molecule has 0 radical (unpaired) electrons. The van der Waals surface area contributed by atoms with Gasteiger partial charge in [-0.1, -0.05) is 18.2 Å². The summed E-state index contributed by atoms with van der Waals surface area (Å²) in [6.45, 7) is 3.64. The predicted molar refractivity (Wildman–Crippen MR) is 75.5 cm³/mol. The third-order valence-corrected chi connectivity index (χ3v) is 2.33. The highest BCUT2D eigenvalue weighted by atomic mass is 35.5. The van der Waals surface area contributed by atoms with E-state index in [0.717, 1.165) is 17.7 Å². The van der Waals surface area contributed by atoms with Crippen LogP contribution in [0.2, 0.25) is 0 Å². The molecule has 0 saturated heterocycles. The minimum atomic E-state index is 0. The smallest absolute Gasteiger partial charge is 0.233 e. The maximum atomic E-state index is 11.1. The van der Waals surface area contributed by atoms with Crippen molar-refractivity contribution in [3.05, 3.63) is 29.8 Å². The molecule has 0 aliphatic carbocycles. The molecule has 0 unspecified atom stereocenters. The summed E-state index contributed by atoms with van der Waals surface area (Å²) >= 11 is 0. The van der Waals surface area contributed by atoms with Gasteiger partial charge in [0.1, 0.15) is 5.75 Å². The van der Waals surface area contributed by atoms with E-state index in [4.69, 9.17) is 4.74 Å². The average molecular weight is 273 g/mol. The number of benzene rings is 1. The van der Waals surface area contributed by atoms with E-state index in [2.05, 4.69) is 10.6 Å². The molecule has 0 fully saturated rings. The molecule has 0 aliphatic rings. The molecule has 0 atom stereocenters. The van der Waals surface area contributed by atoms with Crippen molar-refractivity contribution in [2.24, 2.45) is 0 Å². The quantitative estimate of drug-likeness (QED) is 0.740. The Morgan fingerprint density at radius 3 is 2.72 bits per heavy atom. The lowest BCUT2D eigenvalue weighted by Crippen LogP contribution is -2.33. The predicted octanol–water partition coefficient (Wildman–Crippen LogP) is 1.52. The van der Waals surface area contributed by atoms with E-state index in [1.807, 2.05) is 31.2 Å². The van der Waals surface area contributed by atoms with Gasteiger partial charge in [-0.05, 0) is 32.0 Å². The summed E-state index contributed by atoms with van der Waals surface area (Å²) in [5.74, 6) is 0.928. The van der Waals surface area contributed by atoms with Crippen LogP contribution in [0.25, 0.3) is 0 Å². The summed E-state index contributed by atoms with van der Waals surface area (Å²) < 4.78 is 5.61. The fourth-order valence-corrected chi connectivity index (χ4v) is 1.42. The fourth-order valence-electron chi connectivity index (χ4n) is 1.42. The zero-order valence-corrected chi connectivity index (χ0v) is 11.7. The molecule has 5 heteroatoms. The number of ether oxygens (including phenoxy) is 1. The number of likely N-dealkylation sites (N-methyl/N-ethyl adjacent to an activating group) is 1. The molecule has 1 aromatic carbocycles. The number of aryl methyl sites for hydroxylation is 1. The molecule has 0 bridgehead atoms. The molecule has 0 spiro atoms. The van der Waals surface area contributed by atoms with Crippen molar-refractivity contribution in [2.75, 3.05) is 26.7 Å². The number of hydrogen-bond acceptors (Lipinski definition) is 3. The molecule has 1 rings (SSSR count). The van der Waals surface area contributed by atoms with Crippen LogP contribution in [0.15, 0.2) is 24.3 Å². The Bertz CT molecular complexity index is 359. The lowest BCUT2D eigenvalue weighted by atomic mass is 10.2. The third-order valence-electron chi connectivity index (χ3n) is 2.33. The molecule has 1 amide bonds. The van der Waals surface area contributed by atoms with Crippen LogP contribution in [0, 0.1) is 6.92 Å². The second-order valence-corrected chi connectivity index (χ2v) is 3.85. The number of amides is 1. The molecule has 2 N–H and O–H groups in total. The molecule has 18 heavy (non-hydrogen) atoms. The van der Waals surface area contributed by atoms with E-state index in [9.17, 15) is 4.79 Å². The van der Waals surface area contributed by atoms with E-state index < -0.39 is 0 Å². The largest absolute Gasteiger partial charge is 0.493 e. The minimum Gasteiger partial charge on any atom is -0.493 e. The van der Waals surface area contributed by atoms with Crippen molar-refractivity contribution in [3.8, 4) is 5.75 Å². The first-order valence-corrected chi connectivity index (χ1v) is 5.83. The van der Waals surface area contributed by atoms with Crippen molar-refractivity contribution in [1.29, 1.82) is 0 Å². The summed E-state index contributed by atoms with van der Waals surface area (Å²) in [6.07, 6.45) is 0.809. The monoisotopic (exact) mass is 272 g/mol. The number of hydrogen-bond donors (Lipinski definition) is 2. The van der Waals surface area contributed by atoms with Gasteiger partial charge in [-0.25, -0.2) is 0 Å². The summed E-state index contributed by atoms with van der Waals surface area (Å²) in [7, 11) is 1.75. The van der Waals surface area contributed by atoms with Crippen LogP contribution >= 0.6 is 12.4 Å². The van der Waals surface area contributed by atoms with Crippen LogP contribution in [0.5, 0.6) is 5.75 Å². The zero-order valence-electron chi connectivity index (χ0n) is 10.9. The summed E-state index contributed by atoms with van der Waals surface area (Å²) in [5, 5.41) is 5.60. The third kappa shape index (κ3) is 6.47. The Morgan fingerprint density at radius 2 is 2.06 bits per heavy atom. The second-order valence-electron chi connectivity index (χ2n) is 3.85. The SMILES string of the molecule is CNCC(=O)NCCCOc1ccccc1C.Cl. The molecule has 102 valence electrons. The van der Waals surface area contributed by atoms with Gasteiger partial charge in [0.05, 0.1) is 13.2 Å². The first kappa shape index (κ1) is 16.7. The highest BCUT2D eigenvalue weighted by molar-refractivity contribution is 5.85. The van der Waals surface area contributed by atoms with E-state index >= 15 is 0 Å².